The molecule has 0 saturated carbocycles. The van der Waals surface area contributed by atoms with Crippen molar-refractivity contribution in [2.75, 3.05) is 37.9 Å². The quantitative estimate of drug-likeness (QED) is 0.299. The summed E-state index contributed by atoms with van der Waals surface area (Å²) in [6.45, 7) is 2.72. The second-order valence-corrected chi connectivity index (χ2v) is 9.91. The number of amides is 1. The Balaban J connectivity index is 1.17. The topological polar surface area (TPSA) is 118 Å². The number of hydrogen-bond donors (Lipinski definition) is 2. The van der Waals surface area contributed by atoms with Crippen molar-refractivity contribution in [1.82, 2.24) is 34.3 Å². The van der Waals surface area contributed by atoms with Gasteiger partial charge in [0, 0.05) is 75.8 Å². The number of nitrogens with two attached hydrogens (primary N) is 1. The number of likely N-dealkylation sites (tertiary alicyclic amines) is 2. The molecule has 3 N–H and O–H groups in total. The Morgan fingerprint density at radius 2 is 1.91 bits per heavy atom. The van der Waals surface area contributed by atoms with Gasteiger partial charge in [0.15, 0.2) is 16.5 Å². The zero-order valence-corrected chi connectivity index (χ0v) is 20.5. The van der Waals surface area contributed by atoms with Crippen molar-refractivity contribution in [3.8, 4) is 0 Å². The van der Waals surface area contributed by atoms with Crippen LogP contribution in [0, 0.1) is 0 Å². The Hall–Kier alpha value is -2.83. The maximum atomic E-state index is 15.8. The number of nitrogens with zero attached hydrogens (tertiary/aromatic N) is 7. The summed E-state index contributed by atoms with van der Waals surface area (Å²) in [5, 5.41) is 0.928. The van der Waals surface area contributed by atoms with E-state index in [0.717, 1.165) is 34.7 Å². The highest BCUT2D eigenvalue weighted by molar-refractivity contribution is 7.98. The monoisotopic (exact) mass is 499 g/mol. The first-order valence-corrected chi connectivity index (χ1v) is 13.1. The summed E-state index contributed by atoms with van der Waals surface area (Å²) in [5.74, 6) is 5.29. The lowest BCUT2D eigenvalue weighted by atomic mass is 9.90. The third-order valence-electron chi connectivity index (χ3n) is 6.99. The number of fused-ring (bicyclic) bond motifs is 1. The number of carbonyl (C=O) groups is 1. The molecule has 35 heavy (non-hydrogen) atoms. The number of piperidine rings is 2. The second kappa shape index (κ2) is 10.0. The molecule has 5 heterocycles. The molecule has 0 spiro atoms. The van der Waals surface area contributed by atoms with E-state index in [9.17, 15) is 4.79 Å². The number of hydrazine groups is 1. The fourth-order valence-corrected chi connectivity index (χ4v) is 5.66. The van der Waals surface area contributed by atoms with E-state index >= 15 is 4.39 Å². The van der Waals surface area contributed by atoms with E-state index in [0.29, 0.717) is 38.7 Å². The van der Waals surface area contributed by atoms with Crippen molar-refractivity contribution in [2.45, 2.75) is 49.1 Å². The molecule has 12 heteroatoms. The Kier molecular flexibility index (Phi) is 6.85. The zero-order valence-electron chi connectivity index (χ0n) is 19.7. The van der Waals surface area contributed by atoms with Gasteiger partial charge in [-0.25, -0.2) is 30.2 Å². The van der Waals surface area contributed by atoms with Crippen molar-refractivity contribution in [3.05, 3.63) is 36.3 Å². The summed E-state index contributed by atoms with van der Waals surface area (Å²) >= 11 is 1.60. The number of nitrogen functional groups attached to an aromatic ring is 1. The van der Waals surface area contributed by atoms with Crippen molar-refractivity contribution < 1.29 is 9.18 Å². The van der Waals surface area contributed by atoms with E-state index in [-0.39, 0.29) is 24.8 Å². The van der Waals surface area contributed by atoms with Crippen LogP contribution in [-0.2, 0) is 11.3 Å². The predicted molar refractivity (Wildman–Crippen MR) is 132 cm³/mol. The molecule has 2 aliphatic rings. The minimum atomic E-state index is -1.80. The normalized spacial score (nSPS) is 19.2. The number of hydrogen-bond acceptors (Lipinski definition) is 9. The second-order valence-electron chi connectivity index (χ2n) is 9.14. The summed E-state index contributed by atoms with van der Waals surface area (Å²) in [6, 6.07) is 4.05. The summed E-state index contributed by atoms with van der Waals surface area (Å²) in [4.78, 5) is 34.5. The standard InChI is InChI=1S/C23H30FN9OS/c1-35-22-29-18-3-2-8-26-19(18)33(22)17-4-9-32(10-5-17)20(34)23(24)6-11-31(12-7-23)15-16-13-27-21(30-25)28-14-16/h2-3,8,13-14,17H,4-7,9-12,15,25H2,1H3,(H,27,28,30). The molecule has 186 valence electrons. The molecule has 1 amide bonds. The molecule has 3 aromatic heterocycles. The summed E-state index contributed by atoms with van der Waals surface area (Å²) in [5.41, 5.74) is 3.27. The highest BCUT2D eigenvalue weighted by Crippen LogP contribution is 2.34. The first-order chi connectivity index (χ1) is 17.0. The zero-order chi connectivity index (χ0) is 24.4. The number of thioether (sulfide) groups is 1. The molecule has 0 radical (unpaired) electrons. The lowest BCUT2D eigenvalue weighted by Gasteiger charge is -2.40. The van der Waals surface area contributed by atoms with Crippen LogP contribution < -0.4 is 11.3 Å². The highest BCUT2D eigenvalue weighted by Gasteiger charge is 2.45. The van der Waals surface area contributed by atoms with Crippen LogP contribution in [0.25, 0.3) is 11.2 Å². The highest BCUT2D eigenvalue weighted by atomic mass is 32.2. The van der Waals surface area contributed by atoms with E-state index in [2.05, 4.69) is 29.8 Å². The lowest BCUT2D eigenvalue weighted by molar-refractivity contribution is -0.149. The van der Waals surface area contributed by atoms with Crippen LogP contribution in [0.2, 0.25) is 0 Å². The molecule has 10 nitrogen and oxygen atoms in total. The van der Waals surface area contributed by atoms with Gasteiger partial charge in [-0.2, -0.15) is 0 Å². The van der Waals surface area contributed by atoms with Gasteiger partial charge in [-0.3, -0.25) is 15.1 Å². The van der Waals surface area contributed by atoms with Crippen LogP contribution >= 0.6 is 11.8 Å². The van der Waals surface area contributed by atoms with Gasteiger partial charge < -0.3 is 9.47 Å². The fraction of sp³-hybridized carbons (Fsp3) is 0.522. The van der Waals surface area contributed by atoms with Gasteiger partial charge in [0.05, 0.1) is 0 Å². The van der Waals surface area contributed by atoms with Gasteiger partial charge in [0.1, 0.15) is 5.52 Å². The summed E-state index contributed by atoms with van der Waals surface area (Å²) < 4.78 is 18.0. The Bertz CT molecular complexity index is 1170. The molecule has 0 atom stereocenters. The average molecular weight is 500 g/mol. The fourth-order valence-electron chi connectivity index (χ4n) is 5.04. The molecule has 0 aliphatic carbocycles. The van der Waals surface area contributed by atoms with Gasteiger partial charge in [-0.15, -0.1) is 0 Å². The van der Waals surface area contributed by atoms with Crippen molar-refractivity contribution in [3.63, 3.8) is 0 Å². The molecule has 3 aromatic rings. The largest absolute Gasteiger partial charge is 0.340 e. The van der Waals surface area contributed by atoms with Crippen LogP contribution in [-0.4, -0.2) is 78.3 Å². The lowest BCUT2D eigenvalue weighted by Crippen LogP contribution is -2.53. The smallest absolute Gasteiger partial charge is 0.260 e. The van der Waals surface area contributed by atoms with Crippen molar-refractivity contribution in [1.29, 1.82) is 0 Å². The number of carbonyl (C=O) groups excluding carboxylic acids is 1. The van der Waals surface area contributed by atoms with Gasteiger partial charge >= 0.3 is 0 Å². The minimum absolute atomic E-state index is 0.196. The van der Waals surface area contributed by atoms with Gasteiger partial charge in [0.2, 0.25) is 5.95 Å². The Morgan fingerprint density at radius 3 is 2.57 bits per heavy atom. The van der Waals surface area contributed by atoms with Crippen LogP contribution in [0.3, 0.4) is 0 Å². The first-order valence-electron chi connectivity index (χ1n) is 11.9. The first kappa shape index (κ1) is 23.9. The van der Waals surface area contributed by atoms with Gasteiger partial charge in [-0.05, 0) is 31.2 Å². The number of alkyl halides is 1. The van der Waals surface area contributed by atoms with Crippen molar-refractivity contribution in [2.24, 2.45) is 5.84 Å². The van der Waals surface area contributed by atoms with Crippen molar-refractivity contribution >= 4 is 34.8 Å². The van der Waals surface area contributed by atoms with E-state index in [1.165, 1.54) is 0 Å². The summed E-state index contributed by atoms with van der Waals surface area (Å²) in [6.07, 6.45) is 9.11. The van der Waals surface area contributed by atoms with Crippen LogP contribution in [0.1, 0.15) is 37.3 Å². The Morgan fingerprint density at radius 1 is 1.20 bits per heavy atom. The average Bonchev–Trinajstić information content (AvgIpc) is 3.29. The van der Waals surface area contributed by atoms with Gasteiger partial charge in [0.25, 0.3) is 5.91 Å². The van der Waals surface area contributed by atoms with Crippen LogP contribution in [0.5, 0.6) is 0 Å². The predicted octanol–water partition coefficient (Wildman–Crippen LogP) is 2.40. The molecule has 2 fully saturated rings. The third-order valence-corrected chi connectivity index (χ3v) is 7.64. The number of anilines is 1. The molecule has 5 rings (SSSR count). The van der Waals surface area contributed by atoms with Crippen LogP contribution in [0.15, 0.2) is 35.9 Å². The SMILES string of the molecule is CSc1nc2cccnc2n1C1CCN(C(=O)C2(F)CCN(Cc3cnc(NN)nc3)CC2)CC1. The van der Waals surface area contributed by atoms with E-state index in [1.807, 2.05) is 18.4 Å². The molecular weight excluding hydrogens is 469 g/mol. The number of pyridine rings is 1. The molecule has 2 aliphatic heterocycles. The number of halogens is 1. The van der Waals surface area contributed by atoms with E-state index < -0.39 is 5.67 Å². The number of rotatable bonds is 6. The molecule has 2 saturated heterocycles. The molecule has 0 aromatic carbocycles. The van der Waals surface area contributed by atoms with E-state index in [1.54, 1.807) is 35.3 Å². The maximum absolute atomic E-state index is 15.8. The van der Waals surface area contributed by atoms with Gasteiger partial charge in [-0.1, -0.05) is 11.8 Å². The molecule has 0 bridgehead atoms. The Labute approximate surface area is 207 Å². The summed E-state index contributed by atoms with van der Waals surface area (Å²) in [7, 11) is 0. The van der Waals surface area contributed by atoms with Crippen LogP contribution in [0.4, 0.5) is 10.3 Å². The minimum Gasteiger partial charge on any atom is -0.340 e. The third kappa shape index (κ3) is 4.82. The van der Waals surface area contributed by atoms with E-state index in [4.69, 9.17) is 10.8 Å². The number of imidazole rings is 1. The molecule has 0 unspecified atom stereocenters. The number of nitrogens with one attached hydrogen (secondary N) is 1. The molecular formula is C23H30FN9OS. The number of aromatic nitrogens is 5. The maximum Gasteiger partial charge on any atom is 0.260 e.